The number of thiocarbonyl (C=S) groups is 1. The number of hydrogen-bond acceptors (Lipinski definition) is 4. The highest BCUT2D eigenvalue weighted by molar-refractivity contribution is 7.80. The molecule has 3 heterocycles. The Morgan fingerprint density at radius 1 is 1.34 bits per heavy atom. The van der Waals surface area contributed by atoms with Crippen molar-refractivity contribution >= 4 is 23.3 Å². The first-order valence-corrected chi connectivity index (χ1v) is 10.6. The van der Waals surface area contributed by atoms with Crippen molar-refractivity contribution < 1.29 is 9.53 Å². The van der Waals surface area contributed by atoms with Gasteiger partial charge in [0.15, 0.2) is 5.11 Å². The van der Waals surface area contributed by atoms with Crippen LogP contribution >= 0.6 is 12.2 Å². The minimum Gasteiger partial charge on any atom is -0.469 e. The van der Waals surface area contributed by atoms with Gasteiger partial charge < -0.3 is 19.5 Å². The van der Waals surface area contributed by atoms with Gasteiger partial charge in [-0.2, -0.15) is 0 Å². The Morgan fingerprint density at radius 2 is 2.14 bits per heavy atom. The third-order valence-electron chi connectivity index (χ3n) is 5.96. The van der Waals surface area contributed by atoms with Gasteiger partial charge in [-0.3, -0.25) is 9.78 Å². The van der Waals surface area contributed by atoms with Crippen LogP contribution in [0.1, 0.15) is 66.5 Å². The molecule has 7 heteroatoms. The van der Waals surface area contributed by atoms with Crippen molar-refractivity contribution in [1.82, 2.24) is 19.8 Å². The number of aromatic nitrogens is 2. The van der Waals surface area contributed by atoms with Gasteiger partial charge in [-0.25, -0.2) is 0 Å². The molecule has 1 saturated carbocycles. The van der Waals surface area contributed by atoms with Gasteiger partial charge in [0, 0.05) is 36.6 Å². The maximum Gasteiger partial charge on any atom is 0.305 e. The first kappa shape index (κ1) is 19.9. The molecule has 1 aliphatic heterocycles. The van der Waals surface area contributed by atoms with Gasteiger partial charge in [0.05, 0.1) is 24.9 Å². The van der Waals surface area contributed by atoms with Gasteiger partial charge in [-0.15, -0.1) is 0 Å². The second kappa shape index (κ2) is 8.14. The Morgan fingerprint density at radius 3 is 2.79 bits per heavy atom. The molecule has 2 fully saturated rings. The molecule has 2 atom stereocenters. The van der Waals surface area contributed by atoms with Crippen LogP contribution < -0.4 is 5.32 Å². The molecule has 2 aromatic rings. The molecule has 0 bridgehead atoms. The number of nitrogens with zero attached hydrogens (tertiary/aromatic N) is 3. The monoisotopic (exact) mass is 412 g/mol. The van der Waals surface area contributed by atoms with E-state index in [9.17, 15) is 4.79 Å². The van der Waals surface area contributed by atoms with Crippen molar-refractivity contribution in [3.8, 4) is 0 Å². The number of carbonyl (C=O) groups excluding carboxylic acids is 1. The maximum atomic E-state index is 11.6. The van der Waals surface area contributed by atoms with E-state index in [0.29, 0.717) is 30.5 Å². The Hall–Kier alpha value is -2.41. The summed E-state index contributed by atoms with van der Waals surface area (Å²) in [5, 5.41) is 4.21. The fraction of sp³-hybridized carbons (Fsp3) is 0.500. The highest BCUT2D eigenvalue weighted by Crippen LogP contribution is 2.44. The summed E-state index contributed by atoms with van der Waals surface area (Å²) in [4.78, 5) is 18.4. The highest BCUT2D eigenvalue weighted by Gasteiger charge is 2.41. The number of methoxy groups -OCH3 is 1. The van der Waals surface area contributed by atoms with Crippen LogP contribution in [0.15, 0.2) is 30.5 Å². The number of nitrogens with one attached hydrogen (secondary N) is 1. The van der Waals surface area contributed by atoms with Crippen LogP contribution in [0, 0.1) is 13.8 Å². The van der Waals surface area contributed by atoms with E-state index < -0.39 is 0 Å². The lowest BCUT2D eigenvalue weighted by Gasteiger charge is -2.28. The van der Waals surface area contributed by atoms with Crippen LogP contribution in [0.25, 0.3) is 0 Å². The first-order valence-electron chi connectivity index (χ1n) is 10.2. The summed E-state index contributed by atoms with van der Waals surface area (Å²) in [6, 6.07) is 8.95. The molecule has 154 valence electrons. The summed E-state index contributed by atoms with van der Waals surface area (Å²) in [6.45, 7) is 5.10. The average Bonchev–Trinajstić information content (AvgIpc) is 3.44. The summed E-state index contributed by atoms with van der Waals surface area (Å²) in [5.74, 6) is -0.187. The third-order valence-corrected chi connectivity index (χ3v) is 6.31. The Balaban J connectivity index is 1.68. The molecule has 1 saturated heterocycles. The minimum absolute atomic E-state index is 0.0185. The summed E-state index contributed by atoms with van der Waals surface area (Å²) in [6.07, 6.45) is 5.41. The summed E-state index contributed by atoms with van der Waals surface area (Å²) < 4.78 is 7.27. The molecule has 1 aliphatic carbocycles. The zero-order valence-corrected chi connectivity index (χ0v) is 18.0. The second-order valence-corrected chi connectivity index (χ2v) is 8.31. The third kappa shape index (κ3) is 3.88. The molecule has 0 aromatic carbocycles. The van der Waals surface area contributed by atoms with E-state index in [1.165, 1.54) is 36.9 Å². The second-order valence-electron chi connectivity index (χ2n) is 7.93. The molecule has 0 radical (unpaired) electrons. The topological polar surface area (TPSA) is 59.4 Å². The minimum atomic E-state index is -0.187. The average molecular weight is 413 g/mol. The Labute approximate surface area is 177 Å². The smallest absolute Gasteiger partial charge is 0.305 e. The molecule has 6 nitrogen and oxygen atoms in total. The first-order chi connectivity index (χ1) is 14.0. The van der Waals surface area contributed by atoms with Crippen molar-refractivity contribution in [2.75, 3.05) is 13.7 Å². The van der Waals surface area contributed by atoms with E-state index in [4.69, 9.17) is 17.0 Å². The molecule has 4 rings (SSSR count). The van der Waals surface area contributed by atoms with Crippen LogP contribution in [0.5, 0.6) is 0 Å². The van der Waals surface area contributed by atoms with Gasteiger partial charge in [0.2, 0.25) is 0 Å². The highest BCUT2D eigenvalue weighted by atomic mass is 32.1. The lowest BCUT2D eigenvalue weighted by molar-refractivity contribution is -0.140. The van der Waals surface area contributed by atoms with Gasteiger partial charge in [0.1, 0.15) is 0 Å². The van der Waals surface area contributed by atoms with Crippen molar-refractivity contribution in [2.24, 2.45) is 0 Å². The molecular formula is C22H28N4O2S. The Bertz CT molecular complexity index is 907. The van der Waals surface area contributed by atoms with E-state index in [-0.39, 0.29) is 18.1 Å². The van der Waals surface area contributed by atoms with Crippen LogP contribution in [0.4, 0.5) is 0 Å². The number of carbonyl (C=O) groups is 1. The summed E-state index contributed by atoms with van der Waals surface area (Å²) in [7, 11) is 1.43. The SMILES string of the molecule is COC(=O)CCCN1C(=S)N[C@H](c2ccccn2)[C@H]1c1cc(C)n(C2CC2)c1C. The standard InChI is InChI=1S/C22H28N4O2S/c1-14-13-17(15(2)26(14)16-9-10-16)21-20(18-7-4-5-11-23-18)24-22(29)25(21)12-6-8-19(27)28-3/h4-5,7,11,13,16,20-21H,6,8-10,12H2,1-3H3,(H,24,29)/t20-,21-/m1/s1. The normalized spacial score (nSPS) is 21.3. The van der Waals surface area contributed by atoms with Crippen molar-refractivity contribution in [1.29, 1.82) is 0 Å². The fourth-order valence-corrected chi connectivity index (χ4v) is 4.81. The number of hydrogen-bond donors (Lipinski definition) is 1. The zero-order chi connectivity index (χ0) is 20.5. The van der Waals surface area contributed by atoms with E-state index in [1.54, 1.807) is 0 Å². The molecule has 2 aliphatic rings. The van der Waals surface area contributed by atoms with E-state index in [2.05, 4.69) is 39.7 Å². The van der Waals surface area contributed by atoms with E-state index >= 15 is 0 Å². The van der Waals surface area contributed by atoms with E-state index in [1.807, 2.05) is 24.4 Å². The van der Waals surface area contributed by atoms with Gasteiger partial charge in [0.25, 0.3) is 0 Å². The molecule has 0 amide bonds. The number of esters is 1. The predicted octanol–water partition coefficient (Wildman–Crippen LogP) is 3.76. The molecule has 1 N–H and O–H groups in total. The fourth-order valence-electron chi connectivity index (χ4n) is 4.48. The summed E-state index contributed by atoms with van der Waals surface area (Å²) >= 11 is 5.71. The van der Waals surface area contributed by atoms with Crippen molar-refractivity contribution in [3.05, 3.63) is 53.1 Å². The summed E-state index contributed by atoms with van der Waals surface area (Å²) in [5.41, 5.74) is 4.87. The molecule has 29 heavy (non-hydrogen) atoms. The van der Waals surface area contributed by atoms with Gasteiger partial charge in [-0.05, 0) is 69.1 Å². The van der Waals surface area contributed by atoms with Crippen molar-refractivity contribution in [3.63, 3.8) is 0 Å². The number of ether oxygens (including phenoxy) is 1. The van der Waals surface area contributed by atoms with Crippen LogP contribution in [0.3, 0.4) is 0 Å². The van der Waals surface area contributed by atoms with Gasteiger partial charge >= 0.3 is 5.97 Å². The number of aryl methyl sites for hydroxylation is 1. The number of rotatable bonds is 7. The lowest BCUT2D eigenvalue weighted by atomic mass is 9.96. The number of pyridine rings is 1. The lowest BCUT2D eigenvalue weighted by Crippen LogP contribution is -2.31. The quantitative estimate of drug-likeness (QED) is 0.552. The molecular weight excluding hydrogens is 384 g/mol. The van der Waals surface area contributed by atoms with Gasteiger partial charge in [-0.1, -0.05) is 6.07 Å². The van der Waals surface area contributed by atoms with Crippen LogP contribution in [-0.4, -0.2) is 39.2 Å². The maximum absolute atomic E-state index is 11.6. The largest absolute Gasteiger partial charge is 0.469 e. The predicted molar refractivity (Wildman–Crippen MR) is 116 cm³/mol. The van der Waals surface area contributed by atoms with Crippen LogP contribution in [-0.2, 0) is 9.53 Å². The van der Waals surface area contributed by atoms with Crippen molar-refractivity contribution in [2.45, 2.75) is 57.7 Å². The Kier molecular flexibility index (Phi) is 5.58. The van der Waals surface area contributed by atoms with Crippen LogP contribution in [0.2, 0.25) is 0 Å². The molecule has 0 unspecified atom stereocenters. The molecule has 2 aromatic heterocycles. The zero-order valence-electron chi connectivity index (χ0n) is 17.2. The molecule has 0 spiro atoms. The van der Waals surface area contributed by atoms with E-state index in [0.717, 1.165) is 5.69 Å².